The second-order valence-electron chi connectivity index (χ2n) is 7.84. The Morgan fingerprint density at radius 2 is 1.91 bits per heavy atom. The number of benzene rings is 2. The van der Waals surface area contributed by atoms with E-state index in [1.807, 2.05) is 25.3 Å². The fraction of sp³-hybridized carbons (Fsp3) is 0.333. The molecule has 0 spiro atoms. The Morgan fingerprint density at radius 1 is 1.22 bits per heavy atom. The maximum Gasteiger partial charge on any atom is 0.279 e. The topological polar surface area (TPSA) is 71.7 Å². The van der Waals surface area contributed by atoms with Crippen molar-refractivity contribution in [2.45, 2.75) is 45.1 Å². The average molecular weight is 472 g/mol. The van der Waals surface area contributed by atoms with Crippen LogP contribution in [-0.4, -0.2) is 36.8 Å². The molecular formula is C24H29N3O3S2. The van der Waals surface area contributed by atoms with Crippen LogP contribution in [0.5, 0.6) is 0 Å². The number of nitrogens with zero attached hydrogens (tertiary/aromatic N) is 3. The van der Waals surface area contributed by atoms with Crippen LogP contribution in [0, 0.1) is 13.8 Å². The minimum atomic E-state index is -3.57. The lowest BCUT2D eigenvalue weighted by molar-refractivity contribution is 0.0998. The van der Waals surface area contributed by atoms with Gasteiger partial charge in [-0.25, -0.2) is 12.7 Å². The summed E-state index contributed by atoms with van der Waals surface area (Å²) in [5.74, 6) is -0.410. The number of carbonyl (C=O) groups is 1. The summed E-state index contributed by atoms with van der Waals surface area (Å²) >= 11 is 1.47. The van der Waals surface area contributed by atoms with Crippen molar-refractivity contribution in [2.24, 2.45) is 4.99 Å². The summed E-state index contributed by atoms with van der Waals surface area (Å²) in [5.41, 5.74) is 3.65. The zero-order valence-corrected chi connectivity index (χ0v) is 20.6. The predicted octanol–water partition coefficient (Wildman–Crippen LogP) is 4.67. The zero-order chi connectivity index (χ0) is 23.5. The van der Waals surface area contributed by atoms with Crippen LogP contribution in [-0.2, 0) is 16.6 Å². The third-order valence-electron chi connectivity index (χ3n) is 5.26. The molecule has 0 aliphatic heterocycles. The maximum absolute atomic E-state index is 12.9. The lowest BCUT2D eigenvalue weighted by atomic mass is 10.1. The number of hydrogen-bond acceptors (Lipinski definition) is 4. The first-order valence-corrected chi connectivity index (χ1v) is 12.8. The summed E-state index contributed by atoms with van der Waals surface area (Å²) in [6.07, 6.45) is 3.49. The smallest absolute Gasteiger partial charge is 0.279 e. The van der Waals surface area contributed by atoms with E-state index in [2.05, 4.69) is 23.7 Å². The predicted molar refractivity (Wildman–Crippen MR) is 131 cm³/mol. The number of unbranched alkanes of at least 4 members (excludes halogenated alkanes) is 1. The number of fused-ring (bicyclic) bond motifs is 1. The Kier molecular flexibility index (Phi) is 7.48. The first-order valence-electron chi connectivity index (χ1n) is 10.6. The quantitative estimate of drug-likeness (QED) is 0.448. The van der Waals surface area contributed by atoms with Gasteiger partial charge in [0.2, 0.25) is 10.0 Å². The van der Waals surface area contributed by atoms with Crippen LogP contribution in [0.2, 0.25) is 0 Å². The SMILES string of the molecule is C=CCn1c(=NC(=O)c2ccc(S(=O)(=O)N(C)CCCC)cc2)sc2c(C)cc(C)cc21. The molecule has 0 aliphatic rings. The van der Waals surface area contributed by atoms with E-state index in [9.17, 15) is 13.2 Å². The van der Waals surface area contributed by atoms with Crippen LogP contribution in [0.1, 0.15) is 41.3 Å². The molecule has 3 aromatic rings. The van der Waals surface area contributed by atoms with Gasteiger partial charge in [-0.2, -0.15) is 4.99 Å². The van der Waals surface area contributed by atoms with E-state index in [0.717, 1.165) is 34.2 Å². The van der Waals surface area contributed by atoms with Gasteiger partial charge in [0.1, 0.15) is 0 Å². The highest BCUT2D eigenvalue weighted by Crippen LogP contribution is 2.24. The van der Waals surface area contributed by atoms with Crippen LogP contribution >= 0.6 is 11.3 Å². The molecule has 0 fully saturated rings. The third kappa shape index (κ3) is 4.92. The van der Waals surface area contributed by atoms with Gasteiger partial charge in [0.05, 0.1) is 15.1 Å². The Hall–Kier alpha value is -2.55. The molecule has 0 atom stereocenters. The van der Waals surface area contributed by atoms with Crippen molar-refractivity contribution in [3.05, 3.63) is 70.5 Å². The summed E-state index contributed by atoms with van der Waals surface area (Å²) in [6, 6.07) is 10.2. The van der Waals surface area contributed by atoms with E-state index < -0.39 is 15.9 Å². The fourth-order valence-electron chi connectivity index (χ4n) is 3.51. The number of aryl methyl sites for hydroxylation is 2. The molecule has 0 bridgehead atoms. The average Bonchev–Trinajstić information content (AvgIpc) is 3.09. The number of carbonyl (C=O) groups excluding carboxylic acids is 1. The van der Waals surface area contributed by atoms with Crippen molar-refractivity contribution in [1.82, 2.24) is 8.87 Å². The summed E-state index contributed by atoms with van der Waals surface area (Å²) < 4.78 is 29.8. The van der Waals surface area contributed by atoms with Gasteiger partial charge in [-0.15, -0.1) is 6.58 Å². The number of allylic oxidation sites excluding steroid dienone is 1. The number of aromatic nitrogens is 1. The molecule has 1 aromatic heterocycles. The van der Waals surface area contributed by atoms with Gasteiger partial charge in [0.25, 0.3) is 5.91 Å². The molecular weight excluding hydrogens is 442 g/mol. The summed E-state index contributed by atoms with van der Waals surface area (Å²) in [6.45, 7) is 10.9. The maximum atomic E-state index is 12.9. The monoisotopic (exact) mass is 471 g/mol. The molecule has 0 unspecified atom stereocenters. The van der Waals surface area contributed by atoms with Crippen molar-refractivity contribution in [3.63, 3.8) is 0 Å². The van der Waals surface area contributed by atoms with Crippen molar-refractivity contribution < 1.29 is 13.2 Å². The lowest BCUT2D eigenvalue weighted by Gasteiger charge is -2.16. The molecule has 8 heteroatoms. The van der Waals surface area contributed by atoms with Gasteiger partial charge in [-0.1, -0.05) is 36.8 Å². The molecule has 170 valence electrons. The first-order chi connectivity index (χ1) is 15.2. The molecule has 1 amide bonds. The Labute approximate surface area is 193 Å². The highest BCUT2D eigenvalue weighted by molar-refractivity contribution is 7.89. The zero-order valence-electron chi connectivity index (χ0n) is 19.0. The van der Waals surface area contributed by atoms with E-state index in [0.29, 0.717) is 23.5 Å². The Bertz CT molecular complexity index is 1320. The lowest BCUT2D eigenvalue weighted by Crippen LogP contribution is -2.27. The minimum absolute atomic E-state index is 0.169. The number of amides is 1. The van der Waals surface area contributed by atoms with Gasteiger partial charge in [0.15, 0.2) is 4.80 Å². The summed E-state index contributed by atoms with van der Waals surface area (Å²) in [5, 5.41) is 0. The van der Waals surface area contributed by atoms with Crippen LogP contribution in [0.3, 0.4) is 0 Å². The molecule has 0 saturated heterocycles. The van der Waals surface area contributed by atoms with Crippen LogP contribution < -0.4 is 4.80 Å². The Balaban J connectivity index is 1.97. The second kappa shape index (κ2) is 9.94. The molecule has 6 nitrogen and oxygen atoms in total. The molecule has 1 heterocycles. The van der Waals surface area contributed by atoms with E-state index in [1.54, 1.807) is 13.1 Å². The first kappa shape index (κ1) is 24.1. The number of hydrogen-bond donors (Lipinski definition) is 0. The van der Waals surface area contributed by atoms with Gasteiger partial charge in [-0.3, -0.25) is 4.79 Å². The molecule has 0 radical (unpaired) electrons. The summed E-state index contributed by atoms with van der Waals surface area (Å²) in [7, 11) is -2.00. The van der Waals surface area contributed by atoms with Crippen molar-refractivity contribution in [2.75, 3.05) is 13.6 Å². The minimum Gasteiger partial charge on any atom is -0.312 e. The highest BCUT2D eigenvalue weighted by Gasteiger charge is 2.20. The largest absolute Gasteiger partial charge is 0.312 e. The van der Waals surface area contributed by atoms with Gasteiger partial charge >= 0.3 is 0 Å². The van der Waals surface area contributed by atoms with Gasteiger partial charge in [-0.05, 0) is 61.7 Å². The molecule has 0 N–H and O–H groups in total. The molecule has 32 heavy (non-hydrogen) atoms. The molecule has 3 rings (SSSR count). The van der Waals surface area contributed by atoms with Crippen molar-refractivity contribution >= 4 is 37.5 Å². The van der Waals surface area contributed by atoms with E-state index in [4.69, 9.17) is 0 Å². The number of sulfonamides is 1. The van der Waals surface area contributed by atoms with Gasteiger partial charge < -0.3 is 4.57 Å². The second-order valence-corrected chi connectivity index (χ2v) is 10.9. The molecule has 2 aromatic carbocycles. The third-order valence-corrected chi connectivity index (χ3v) is 8.36. The standard InChI is InChI=1S/C24H29N3O3S2/c1-6-8-14-26(5)32(29,30)20-11-9-19(10-12-20)23(28)25-24-27(13-7-2)21-16-17(3)15-18(4)22(21)31-24/h7,9-12,15-16H,2,6,8,13-14H2,1,3-5H3. The fourth-order valence-corrected chi connectivity index (χ4v) is 5.80. The van der Waals surface area contributed by atoms with E-state index in [1.165, 1.54) is 39.9 Å². The Morgan fingerprint density at radius 3 is 2.53 bits per heavy atom. The van der Waals surface area contributed by atoms with Crippen LogP contribution in [0.25, 0.3) is 10.2 Å². The normalized spacial score (nSPS) is 12.6. The molecule has 0 aliphatic carbocycles. The highest BCUT2D eigenvalue weighted by atomic mass is 32.2. The molecule has 0 saturated carbocycles. The van der Waals surface area contributed by atoms with Crippen molar-refractivity contribution in [3.8, 4) is 0 Å². The number of thiazole rings is 1. The summed E-state index contributed by atoms with van der Waals surface area (Å²) in [4.78, 5) is 18.0. The van der Waals surface area contributed by atoms with E-state index >= 15 is 0 Å². The number of rotatable bonds is 8. The van der Waals surface area contributed by atoms with Crippen LogP contribution in [0.4, 0.5) is 0 Å². The van der Waals surface area contributed by atoms with Gasteiger partial charge in [0, 0.05) is 25.7 Å². The van der Waals surface area contributed by atoms with Crippen LogP contribution in [0.15, 0.2) is 58.9 Å². The van der Waals surface area contributed by atoms with E-state index in [-0.39, 0.29) is 4.90 Å². The van der Waals surface area contributed by atoms with Crippen molar-refractivity contribution in [1.29, 1.82) is 0 Å².